The molecule has 1 saturated heterocycles. The second-order valence-electron chi connectivity index (χ2n) is 8.15. The van der Waals surface area contributed by atoms with E-state index in [0.29, 0.717) is 54.3 Å². The fourth-order valence-corrected chi connectivity index (χ4v) is 5.58. The molecule has 1 aliphatic heterocycles. The Morgan fingerprint density at radius 3 is 2.54 bits per heavy atom. The third-order valence-electron chi connectivity index (χ3n) is 5.96. The van der Waals surface area contributed by atoms with Gasteiger partial charge in [0.2, 0.25) is 5.88 Å². The Morgan fingerprint density at radius 1 is 1.17 bits per heavy atom. The summed E-state index contributed by atoms with van der Waals surface area (Å²) in [6.07, 6.45) is 3.35. The summed E-state index contributed by atoms with van der Waals surface area (Å²) in [5.41, 5.74) is 0.546. The SMILES string of the molecule is COc1cccc(-c2nnc(CS(=O)(=O)[C@@H](C)[C@H](OC)c3ncc(Cl)cn3)n2C2CCOCC2)n1. The summed E-state index contributed by atoms with van der Waals surface area (Å²) < 4.78 is 45.2. The van der Waals surface area contributed by atoms with Crippen LogP contribution in [-0.4, -0.2) is 70.8 Å². The lowest BCUT2D eigenvalue weighted by atomic mass is 10.1. The van der Waals surface area contributed by atoms with Crippen molar-refractivity contribution in [2.75, 3.05) is 27.4 Å². The third-order valence-corrected chi connectivity index (χ3v) is 8.19. The molecule has 0 saturated carbocycles. The normalized spacial score (nSPS) is 16.7. The summed E-state index contributed by atoms with van der Waals surface area (Å²) in [6.45, 7) is 2.70. The molecule has 0 unspecified atom stereocenters. The van der Waals surface area contributed by atoms with E-state index in [9.17, 15) is 8.42 Å². The third kappa shape index (κ3) is 5.61. The summed E-state index contributed by atoms with van der Waals surface area (Å²) in [7, 11) is -0.808. The number of rotatable bonds is 9. The van der Waals surface area contributed by atoms with Crippen LogP contribution >= 0.6 is 11.6 Å². The molecule has 0 aliphatic carbocycles. The molecular formula is C22H27ClN6O5S. The van der Waals surface area contributed by atoms with Gasteiger partial charge in [0.1, 0.15) is 23.4 Å². The minimum atomic E-state index is -3.76. The van der Waals surface area contributed by atoms with E-state index in [1.54, 1.807) is 25.1 Å². The first-order valence-electron chi connectivity index (χ1n) is 11.1. The van der Waals surface area contributed by atoms with Gasteiger partial charge in [-0.15, -0.1) is 10.2 Å². The van der Waals surface area contributed by atoms with Crippen molar-refractivity contribution in [1.82, 2.24) is 29.7 Å². The van der Waals surface area contributed by atoms with E-state index in [-0.39, 0.29) is 17.6 Å². The van der Waals surface area contributed by atoms with Crippen LogP contribution in [0.2, 0.25) is 5.02 Å². The van der Waals surface area contributed by atoms with Gasteiger partial charge in [0.25, 0.3) is 0 Å². The number of sulfone groups is 1. The van der Waals surface area contributed by atoms with E-state index in [4.69, 9.17) is 25.8 Å². The number of methoxy groups -OCH3 is 2. The average Bonchev–Trinajstić information content (AvgIpc) is 3.29. The van der Waals surface area contributed by atoms with Gasteiger partial charge in [-0.2, -0.15) is 0 Å². The molecule has 0 bridgehead atoms. The Balaban J connectivity index is 1.69. The zero-order valence-corrected chi connectivity index (χ0v) is 21.2. The number of hydrogen-bond acceptors (Lipinski definition) is 10. The van der Waals surface area contributed by atoms with Crippen molar-refractivity contribution in [2.24, 2.45) is 0 Å². The first-order valence-corrected chi connectivity index (χ1v) is 13.2. The zero-order valence-electron chi connectivity index (χ0n) is 19.7. The fourth-order valence-electron chi connectivity index (χ4n) is 4.05. The summed E-state index contributed by atoms with van der Waals surface area (Å²) in [5.74, 6) is 1.14. The molecule has 0 N–H and O–H groups in total. The number of pyridine rings is 1. The van der Waals surface area contributed by atoms with E-state index in [1.165, 1.54) is 26.6 Å². The minimum Gasteiger partial charge on any atom is -0.481 e. The van der Waals surface area contributed by atoms with Crippen LogP contribution in [0.3, 0.4) is 0 Å². The van der Waals surface area contributed by atoms with Crippen LogP contribution < -0.4 is 4.74 Å². The van der Waals surface area contributed by atoms with Crippen molar-refractivity contribution in [1.29, 1.82) is 0 Å². The minimum absolute atomic E-state index is 0.0277. The van der Waals surface area contributed by atoms with Crippen LogP contribution in [0.25, 0.3) is 11.5 Å². The molecule has 2 atom stereocenters. The van der Waals surface area contributed by atoms with Crippen LogP contribution in [0.15, 0.2) is 30.6 Å². The monoisotopic (exact) mass is 522 g/mol. The molecule has 4 heterocycles. The van der Waals surface area contributed by atoms with E-state index in [0.717, 1.165) is 0 Å². The molecule has 13 heteroatoms. The van der Waals surface area contributed by atoms with Gasteiger partial charge in [0.05, 0.1) is 17.4 Å². The highest BCUT2D eigenvalue weighted by atomic mass is 35.5. The molecule has 188 valence electrons. The van der Waals surface area contributed by atoms with Gasteiger partial charge >= 0.3 is 0 Å². The first kappa shape index (κ1) is 25.4. The van der Waals surface area contributed by atoms with Crippen molar-refractivity contribution in [3.05, 3.63) is 47.3 Å². The second kappa shape index (κ2) is 10.9. The lowest BCUT2D eigenvalue weighted by Crippen LogP contribution is -2.31. The number of nitrogens with zero attached hydrogens (tertiary/aromatic N) is 6. The van der Waals surface area contributed by atoms with Gasteiger partial charge < -0.3 is 18.8 Å². The van der Waals surface area contributed by atoms with Gasteiger partial charge in [-0.05, 0) is 25.8 Å². The highest BCUT2D eigenvalue weighted by molar-refractivity contribution is 7.91. The van der Waals surface area contributed by atoms with E-state index < -0.39 is 21.2 Å². The van der Waals surface area contributed by atoms with Crippen molar-refractivity contribution < 1.29 is 22.6 Å². The Labute approximate surface area is 208 Å². The molecule has 0 radical (unpaired) electrons. The summed E-state index contributed by atoms with van der Waals surface area (Å²) >= 11 is 5.88. The molecular weight excluding hydrogens is 496 g/mol. The Hall–Kier alpha value is -2.67. The van der Waals surface area contributed by atoms with Gasteiger partial charge in [-0.1, -0.05) is 17.7 Å². The Kier molecular flexibility index (Phi) is 7.95. The fraction of sp³-hybridized carbons (Fsp3) is 0.500. The number of halogens is 1. The van der Waals surface area contributed by atoms with E-state index in [1.807, 2.05) is 4.57 Å². The molecule has 4 rings (SSSR count). The van der Waals surface area contributed by atoms with Crippen LogP contribution in [0.4, 0.5) is 0 Å². The maximum absolute atomic E-state index is 13.5. The molecule has 11 nitrogen and oxygen atoms in total. The molecule has 35 heavy (non-hydrogen) atoms. The van der Waals surface area contributed by atoms with Crippen LogP contribution in [0.5, 0.6) is 5.88 Å². The maximum atomic E-state index is 13.5. The lowest BCUT2D eigenvalue weighted by molar-refractivity contribution is 0.0693. The highest BCUT2D eigenvalue weighted by Gasteiger charge is 2.35. The Bertz CT molecular complexity index is 1250. The number of aromatic nitrogens is 6. The van der Waals surface area contributed by atoms with Crippen LogP contribution in [0.1, 0.15) is 43.6 Å². The summed E-state index contributed by atoms with van der Waals surface area (Å²) in [5, 5.41) is 8.01. The smallest absolute Gasteiger partial charge is 0.213 e. The summed E-state index contributed by atoms with van der Waals surface area (Å²) in [4.78, 5) is 12.8. The standard InChI is InChI=1S/C22H27ClN6O5S/c1-14(20(33-3)21-24-11-15(23)12-25-21)35(30,31)13-18-27-28-22(17-5-4-6-19(26-17)32-2)29(18)16-7-9-34-10-8-16/h4-6,11-12,14,16,20H,7-10,13H2,1-3H3/t14-,20-/m0/s1. The van der Waals surface area contributed by atoms with Gasteiger partial charge in [-0.3, -0.25) is 0 Å². The molecule has 3 aromatic heterocycles. The Morgan fingerprint density at radius 2 is 1.89 bits per heavy atom. The molecule has 1 aliphatic rings. The van der Waals surface area contributed by atoms with Crippen molar-refractivity contribution in [3.63, 3.8) is 0 Å². The maximum Gasteiger partial charge on any atom is 0.213 e. The summed E-state index contributed by atoms with van der Waals surface area (Å²) in [6, 6.07) is 5.30. The van der Waals surface area contributed by atoms with Gasteiger partial charge in [0.15, 0.2) is 21.5 Å². The quantitative estimate of drug-likeness (QED) is 0.413. The molecule has 0 amide bonds. The van der Waals surface area contributed by atoms with Crippen molar-refractivity contribution in [2.45, 2.75) is 42.9 Å². The average molecular weight is 523 g/mol. The topological polar surface area (TPSA) is 131 Å². The molecule has 1 fully saturated rings. The zero-order chi connectivity index (χ0) is 25.0. The number of ether oxygens (including phenoxy) is 3. The molecule has 3 aromatic rings. The molecule has 0 spiro atoms. The van der Waals surface area contributed by atoms with Gasteiger partial charge in [0, 0.05) is 44.8 Å². The highest BCUT2D eigenvalue weighted by Crippen LogP contribution is 2.31. The van der Waals surface area contributed by atoms with Gasteiger partial charge in [-0.25, -0.2) is 23.4 Å². The van der Waals surface area contributed by atoms with Crippen LogP contribution in [-0.2, 0) is 25.1 Å². The first-order chi connectivity index (χ1) is 16.8. The van der Waals surface area contributed by atoms with E-state index in [2.05, 4.69) is 25.1 Å². The number of hydrogen-bond donors (Lipinski definition) is 0. The van der Waals surface area contributed by atoms with Crippen molar-refractivity contribution in [3.8, 4) is 17.4 Å². The van der Waals surface area contributed by atoms with Crippen molar-refractivity contribution >= 4 is 21.4 Å². The van der Waals surface area contributed by atoms with Crippen LogP contribution in [0, 0.1) is 0 Å². The lowest BCUT2D eigenvalue weighted by Gasteiger charge is -2.26. The predicted octanol–water partition coefficient (Wildman–Crippen LogP) is 2.83. The predicted molar refractivity (Wildman–Crippen MR) is 128 cm³/mol. The molecule has 0 aromatic carbocycles. The largest absolute Gasteiger partial charge is 0.481 e. The second-order valence-corrected chi connectivity index (χ2v) is 10.9. The van der Waals surface area contributed by atoms with E-state index >= 15 is 0 Å².